The van der Waals surface area contributed by atoms with Crippen molar-refractivity contribution in [2.45, 2.75) is 6.92 Å². The maximum atomic E-state index is 11.8. The second kappa shape index (κ2) is 6.75. The van der Waals surface area contributed by atoms with Gasteiger partial charge in [-0.15, -0.1) is 0 Å². The van der Waals surface area contributed by atoms with E-state index in [1.165, 1.54) is 0 Å². The van der Waals surface area contributed by atoms with Crippen LogP contribution in [-0.2, 0) is 9.59 Å². The highest BCUT2D eigenvalue weighted by Crippen LogP contribution is 2.18. The predicted molar refractivity (Wildman–Crippen MR) is 69.2 cm³/mol. The van der Waals surface area contributed by atoms with E-state index in [0.29, 0.717) is 16.1 Å². The highest BCUT2D eigenvalue weighted by atomic mass is 35.5. The third-order valence-corrected chi connectivity index (χ3v) is 2.77. The molecule has 0 aliphatic heterocycles. The largest absolute Gasteiger partial charge is 0.480 e. The lowest BCUT2D eigenvalue weighted by Gasteiger charge is -2.08. The summed E-state index contributed by atoms with van der Waals surface area (Å²) in [7, 11) is 0. The van der Waals surface area contributed by atoms with Gasteiger partial charge in [0.25, 0.3) is 5.91 Å². The van der Waals surface area contributed by atoms with Crippen LogP contribution in [0, 0.1) is 6.92 Å². The van der Waals surface area contributed by atoms with Gasteiger partial charge in [-0.05, 0) is 24.6 Å². The molecule has 0 aromatic heterocycles. The van der Waals surface area contributed by atoms with Crippen LogP contribution in [0.3, 0.4) is 0 Å². The molecule has 3 N–H and O–H groups in total. The number of amides is 2. The number of aliphatic carboxylic acids is 1. The molecule has 0 aliphatic carbocycles. The van der Waals surface area contributed by atoms with Crippen molar-refractivity contribution < 1.29 is 19.5 Å². The zero-order valence-electron chi connectivity index (χ0n) is 10.2. The third kappa shape index (κ3) is 4.59. The number of carbonyl (C=O) groups is 3. The number of nitrogens with one attached hydrogen (secondary N) is 2. The quantitative estimate of drug-likeness (QED) is 0.737. The van der Waals surface area contributed by atoms with Crippen LogP contribution in [0.1, 0.15) is 15.9 Å². The van der Waals surface area contributed by atoms with Gasteiger partial charge in [0.05, 0.1) is 6.54 Å². The molecule has 7 heteroatoms. The highest BCUT2D eigenvalue weighted by Gasteiger charge is 2.12. The van der Waals surface area contributed by atoms with Crippen LogP contribution in [-0.4, -0.2) is 36.0 Å². The van der Waals surface area contributed by atoms with Crippen molar-refractivity contribution in [1.82, 2.24) is 10.6 Å². The molecule has 19 heavy (non-hydrogen) atoms. The number of carboxylic acids is 1. The molecule has 0 saturated carbocycles. The molecule has 0 heterocycles. The van der Waals surface area contributed by atoms with Gasteiger partial charge in [-0.25, -0.2) is 0 Å². The van der Waals surface area contributed by atoms with Gasteiger partial charge in [-0.3, -0.25) is 14.4 Å². The molecule has 1 rings (SSSR count). The molecule has 0 spiro atoms. The molecule has 6 nitrogen and oxygen atoms in total. The van der Waals surface area contributed by atoms with Crippen LogP contribution in [0.2, 0.25) is 5.02 Å². The first kappa shape index (κ1) is 15.0. The summed E-state index contributed by atoms with van der Waals surface area (Å²) >= 11 is 5.88. The van der Waals surface area contributed by atoms with Crippen molar-refractivity contribution in [2.75, 3.05) is 13.1 Å². The molecule has 0 bridgehead atoms. The molecule has 0 aliphatic rings. The lowest BCUT2D eigenvalue weighted by atomic mass is 10.1. The molecule has 1 aromatic rings. The minimum atomic E-state index is -1.15. The molecule has 2 amide bonds. The van der Waals surface area contributed by atoms with Crippen molar-refractivity contribution in [3.8, 4) is 0 Å². The van der Waals surface area contributed by atoms with Gasteiger partial charge >= 0.3 is 5.97 Å². The molecule has 0 unspecified atom stereocenters. The normalized spacial score (nSPS) is 9.79. The maximum absolute atomic E-state index is 11.8. The van der Waals surface area contributed by atoms with Gasteiger partial charge in [-0.2, -0.15) is 0 Å². The fourth-order valence-corrected chi connectivity index (χ4v) is 1.52. The average molecular weight is 285 g/mol. The fraction of sp³-hybridized carbons (Fsp3) is 0.250. The first-order valence-electron chi connectivity index (χ1n) is 5.43. The van der Waals surface area contributed by atoms with E-state index in [1.807, 2.05) is 0 Å². The topological polar surface area (TPSA) is 95.5 Å². The Labute approximate surface area is 114 Å². The van der Waals surface area contributed by atoms with E-state index in [9.17, 15) is 14.4 Å². The van der Waals surface area contributed by atoms with Gasteiger partial charge in [0.2, 0.25) is 5.91 Å². The second-order valence-electron chi connectivity index (χ2n) is 3.77. The average Bonchev–Trinajstić information content (AvgIpc) is 2.36. The molecule has 0 saturated heterocycles. The molecule has 0 radical (unpaired) electrons. The Balaban J connectivity index is 2.54. The maximum Gasteiger partial charge on any atom is 0.322 e. The minimum Gasteiger partial charge on any atom is -0.480 e. The zero-order valence-corrected chi connectivity index (χ0v) is 11.0. The molecule has 1 aromatic carbocycles. The molecule has 0 atom stereocenters. The Hall–Kier alpha value is -2.08. The van der Waals surface area contributed by atoms with Crippen LogP contribution < -0.4 is 10.6 Å². The first-order chi connectivity index (χ1) is 8.91. The van der Waals surface area contributed by atoms with Crippen molar-refractivity contribution >= 4 is 29.4 Å². The number of hydrogen-bond acceptors (Lipinski definition) is 3. The summed E-state index contributed by atoms with van der Waals surface area (Å²) in [6, 6.07) is 4.88. The Morgan fingerprint density at radius 3 is 2.53 bits per heavy atom. The Kier molecular flexibility index (Phi) is 5.32. The van der Waals surface area contributed by atoms with Gasteiger partial charge in [0.1, 0.15) is 6.54 Å². The molecule has 0 fully saturated rings. The van der Waals surface area contributed by atoms with E-state index in [4.69, 9.17) is 16.7 Å². The Morgan fingerprint density at radius 1 is 1.21 bits per heavy atom. The summed E-state index contributed by atoms with van der Waals surface area (Å²) in [6.07, 6.45) is 0. The Bertz CT molecular complexity index is 516. The van der Waals surface area contributed by atoms with Crippen molar-refractivity contribution in [2.24, 2.45) is 0 Å². The number of carbonyl (C=O) groups excluding carboxylic acids is 2. The van der Waals surface area contributed by atoms with Crippen LogP contribution in [0.5, 0.6) is 0 Å². The van der Waals surface area contributed by atoms with Crippen LogP contribution in [0.25, 0.3) is 0 Å². The number of hydrogen-bond donors (Lipinski definition) is 3. The summed E-state index contributed by atoms with van der Waals surface area (Å²) in [5.41, 5.74) is 0.992. The summed E-state index contributed by atoms with van der Waals surface area (Å²) < 4.78 is 0. The highest BCUT2D eigenvalue weighted by molar-refractivity contribution is 6.31. The van der Waals surface area contributed by atoms with E-state index >= 15 is 0 Å². The standard InChI is InChI=1S/C12H13ClN2O4/c1-7-8(3-2-4-9(7)13)12(19)15-5-10(16)14-6-11(17)18/h2-4H,5-6H2,1H3,(H,14,16)(H,15,19)(H,17,18). The number of benzene rings is 1. The predicted octanol–water partition coefficient (Wildman–Crippen LogP) is 0.579. The number of carboxylic acid groups (broad SMARTS) is 1. The first-order valence-corrected chi connectivity index (χ1v) is 5.81. The minimum absolute atomic E-state index is 0.294. The van der Waals surface area contributed by atoms with Crippen LogP contribution in [0.4, 0.5) is 0 Å². The van der Waals surface area contributed by atoms with E-state index in [-0.39, 0.29) is 6.54 Å². The van der Waals surface area contributed by atoms with E-state index in [1.54, 1.807) is 25.1 Å². The smallest absolute Gasteiger partial charge is 0.322 e. The third-order valence-electron chi connectivity index (χ3n) is 2.36. The lowest BCUT2D eigenvalue weighted by Crippen LogP contribution is -2.39. The summed E-state index contributed by atoms with van der Waals surface area (Å²) in [4.78, 5) is 33.2. The summed E-state index contributed by atoms with van der Waals surface area (Å²) in [5, 5.41) is 13.4. The van der Waals surface area contributed by atoms with Gasteiger partial charge in [0.15, 0.2) is 0 Å². The number of rotatable bonds is 5. The fourth-order valence-electron chi connectivity index (χ4n) is 1.35. The molecular formula is C12H13ClN2O4. The van der Waals surface area contributed by atoms with Gasteiger partial charge in [-0.1, -0.05) is 17.7 Å². The molecule has 102 valence electrons. The monoisotopic (exact) mass is 284 g/mol. The van der Waals surface area contributed by atoms with Crippen molar-refractivity contribution in [1.29, 1.82) is 0 Å². The Morgan fingerprint density at radius 2 is 1.89 bits per heavy atom. The van der Waals surface area contributed by atoms with Crippen molar-refractivity contribution in [3.63, 3.8) is 0 Å². The van der Waals surface area contributed by atoms with Crippen LogP contribution in [0.15, 0.2) is 18.2 Å². The van der Waals surface area contributed by atoms with Crippen LogP contribution >= 0.6 is 11.6 Å². The van der Waals surface area contributed by atoms with E-state index in [0.717, 1.165) is 0 Å². The van der Waals surface area contributed by atoms with E-state index in [2.05, 4.69) is 10.6 Å². The van der Waals surface area contributed by atoms with Gasteiger partial charge < -0.3 is 15.7 Å². The summed E-state index contributed by atoms with van der Waals surface area (Å²) in [6.45, 7) is 0.921. The second-order valence-corrected chi connectivity index (χ2v) is 4.17. The molecular weight excluding hydrogens is 272 g/mol. The van der Waals surface area contributed by atoms with E-state index < -0.39 is 24.3 Å². The summed E-state index contributed by atoms with van der Waals surface area (Å²) in [5.74, 6) is -2.16. The lowest BCUT2D eigenvalue weighted by molar-refractivity contribution is -0.137. The number of halogens is 1. The SMILES string of the molecule is Cc1c(Cl)cccc1C(=O)NCC(=O)NCC(=O)O. The van der Waals surface area contributed by atoms with Gasteiger partial charge in [0, 0.05) is 10.6 Å². The van der Waals surface area contributed by atoms with Crippen molar-refractivity contribution in [3.05, 3.63) is 34.3 Å². The zero-order chi connectivity index (χ0) is 14.4.